The predicted octanol–water partition coefficient (Wildman–Crippen LogP) is 4.29. The Kier molecular flexibility index (Phi) is 4.52. The third-order valence-corrected chi connectivity index (χ3v) is 4.92. The quantitative estimate of drug-likeness (QED) is 0.894. The maximum atomic E-state index is 6.45. The normalized spacial score (nSPS) is 23.4. The van der Waals surface area contributed by atoms with Gasteiger partial charge in [0.1, 0.15) is 5.75 Å². The minimum absolute atomic E-state index is 0.539. The van der Waals surface area contributed by atoms with E-state index in [0.29, 0.717) is 5.92 Å². The van der Waals surface area contributed by atoms with Gasteiger partial charge < -0.3 is 10.1 Å². The average Bonchev–Trinajstić information content (AvgIpc) is 2.40. The minimum atomic E-state index is 0.539. The molecule has 1 saturated heterocycles. The van der Waals surface area contributed by atoms with Gasteiger partial charge in [-0.1, -0.05) is 24.1 Å². The van der Waals surface area contributed by atoms with E-state index in [1.807, 2.05) is 6.07 Å². The van der Waals surface area contributed by atoms with Crippen molar-refractivity contribution < 1.29 is 4.74 Å². The maximum absolute atomic E-state index is 6.45. The molecule has 1 N–H and O–H groups in total. The zero-order valence-corrected chi connectivity index (χ0v) is 13.0. The van der Waals surface area contributed by atoms with Gasteiger partial charge in [0.05, 0.1) is 11.6 Å². The van der Waals surface area contributed by atoms with Crippen molar-refractivity contribution >= 4 is 11.6 Å². The second-order valence-corrected chi connectivity index (χ2v) is 6.72. The Labute approximate surface area is 126 Å². The number of hydrogen-bond donors (Lipinski definition) is 1. The van der Waals surface area contributed by atoms with Gasteiger partial charge in [-0.3, -0.25) is 0 Å². The molecule has 20 heavy (non-hydrogen) atoms. The van der Waals surface area contributed by atoms with Gasteiger partial charge in [0, 0.05) is 18.0 Å². The predicted molar refractivity (Wildman–Crippen MR) is 83.9 cm³/mol. The van der Waals surface area contributed by atoms with Gasteiger partial charge in [-0.2, -0.15) is 0 Å². The van der Waals surface area contributed by atoms with Crippen LogP contribution in [0.1, 0.15) is 49.1 Å². The van der Waals surface area contributed by atoms with E-state index in [2.05, 4.69) is 18.3 Å². The Bertz CT molecular complexity index is 464. The molecule has 1 aromatic rings. The molecule has 0 bridgehead atoms. The number of hydrogen-bond acceptors (Lipinski definition) is 2. The topological polar surface area (TPSA) is 21.3 Å². The number of nitrogens with one attached hydrogen (secondary N) is 1. The number of rotatable bonds is 4. The first kappa shape index (κ1) is 14.2. The van der Waals surface area contributed by atoms with E-state index < -0.39 is 0 Å². The summed E-state index contributed by atoms with van der Waals surface area (Å²) in [5, 5.41) is 4.27. The zero-order valence-electron chi connectivity index (χ0n) is 12.3. The van der Waals surface area contributed by atoms with Crippen LogP contribution in [0.15, 0.2) is 12.1 Å². The van der Waals surface area contributed by atoms with Crippen LogP contribution in [0.2, 0.25) is 5.02 Å². The molecule has 2 fully saturated rings. The fourth-order valence-electron chi connectivity index (χ4n) is 3.19. The molecule has 1 heterocycles. The third kappa shape index (κ3) is 3.12. The highest BCUT2D eigenvalue weighted by Gasteiger charge is 2.23. The lowest BCUT2D eigenvalue weighted by atomic mass is 9.86. The highest BCUT2D eigenvalue weighted by molar-refractivity contribution is 6.32. The van der Waals surface area contributed by atoms with Crippen LogP contribution in [0, 0.1) is 12.8 Å². The van der Waals surface area contributed by atoms with Crippen LogP contribution in [0.3, 0.4) is 0 Å². The van der Waals surface area contributed by atoms with E-state index >= 15 is 0 Å². The second-order valence-electron chi connectivity index (χ2n) is 6.32. The lowest BCUT2D eigenvalue weighted by Gasteiger charge is -2.29. The Morgan fingerprint density at radius 1 is 1.25 bits per heavy atom. The number of piperidine rings is 1. The first-order chi connectivity index (χ1) is 9.74. The maximum Gasteiger partial charge on any atom is 0.141 e. The summed E-state index contributed by atoms with van der Waals surface area (Å²) in [5.41, 5.74) is 2.54. The fraction of sp³-hybridized carbons (Fsp3) is 0.647. The van der Waals surface area contributed by atoms with Crippen LogP contribution in [0.4, 0.5) is 0 Å². The molecule has 0 spiro atoms. The molecule has 1 atom stereocenters. The van der Waals surface area contributed by atoms with Crippen LogP contribution in [-0.4, -0.2) is 19.7 Å². The van der Waals surface area contributed by atoms with Crippen molar-refractivity contribution in [1.82, 2.24) is 5.32 Å². The summed E-state index contributed by atoms with van der Waals surface area (Å²) in [6.45, 7) is 5.12. The molecule has 0 aromatic heterocycles. The highest BCUT2D eigenvalue weighted by atomic mass is 35.5. The second kappa shape index (κ2) is 6.36. The highest BCUT2D eigenvalue weighted by Crippen LogP contribution is 2.38. The number of ether oxygens (including phenoxy) is 1. The van der Waals surface area contributed by atoms with Crippen molar-refractivity contribution in [3.63, 3.8) is 0 Å². The van der Waals surface area contributed by atoms with Crippen LogP contribution in [-0.2, 0) is 0 Å². The summed E-state index contributed by atoms with van der Waals surface area (Å²) in [7, 11) is 0. The molecule has 1 aliphatic carbocycles. The molecular weight excluding hydrogens is 270 g/mol. The molecule has 0 radical (unpaired) electrons. The van der Waals surface area contributed by atoms with Crippen LogP contribution < -0.4 is 10.1 Å². The molecule has 3 heteroatoms. The van der Waals surface area contributed by atoms with E-state index in [0.717, 1.165) is 36.4 Å². The van der Waals surface area contributed by atoms with Gasteiger partial charge in [-0.15, -0.1) is 0 Å². The standard InChI is InChI=1S/C17H24ClNO/c1-12-8-15(14-6-3-7-19-10-14)17(16(18)9-12)20-11-13-4-2-5-13/h8-9,13-14,19H,2-7,10-11H2,1H3. The average molecular weight is 294 g/mol. The third-order valence-electron chi connectivity index (χ3n) is 4.64. The van der Waals surface area contributed by atoms with Crippen molar-refractivity contribution in [1.29, 1.82) is 0 Å². The van der Waals surface area contributed by atoms with Crippen molar-refractivity contribution in [2.45, 2.75) is 44.9 Å². The van der Waals surface area contributed by atoms with Crippen molar-refractivity contribution in [3.05, 3.63) is 28.3 Å². The van der Waals surface area contributed by atoms with Gasteiger partial charge in [-0.05, 0) is 56.7 Å². The number of halogens is 1. The molecule has 1 aliphatic heterocycles. The summed E-state index contributed by atoms with van der Waals surface area (Å²) in [6.07, 6.45) is 6.44. The number of aryl methyl sites for hydroxylation is 1. The summed E-state index contributed by atoms with van der Waals surface area (Å²) in [5.74, 6) is 2.22. The summed E-state index contributed by atoms with van der Waals surface area (Å²) >= 11 is 6.45. The van der Waals surface area contributed by atoms with Crippen LogP contribution in [0.5, 0.6) is 5.75 Å². The van der Waals surface area contributed by atoms with E-state index in [4.69, 9.17) is 16.3 Å². The smallest absolute Gasteiger partial charge is 0.141 e. The monoisotopic (exact) mass is 293 g/mol. The van der Waals surface area contributed by atoms with Gasteiger partial charge in [0.2, 0.25) is 0 Å². The molecule has 1 aromatic carbocycles. The molecule has 2 aliphatic rings. The van der Waals surface area contributed by atoms with Gasteiger partial charge >= 0.3 is 0 Å². The summed E-state index contributed by atoms with van der Waals surface area (Å²) in [6, 6.07) is 4.29. The van der Waals surface area contributed by atoms with Crippen molar-refractivity contribution in [2.24, 2.45) is 5.92 Å². The van der Waals surface area contributed by atoms with Crippen LogP contribution in [0.25, 0.3) is 0 Å². The largest absolute Gasteiger partial charge is 0.491 e. The number of benzene rings is 1. The van der Waals surface area contributed by atoms with Crippen molar-refractivity contribution in [3.8, 4) is 5.75 Å². The molecule has 0 amide bonds. The molecule has 1 unspecified atom stereocenters. The minimum Gasteiger partial charge on any atom is -0.491 e. The van der Waals surface area contributed by atoms with E-state index in [1.165, 1.54) is 43.2 Å². The first-order valence-corrected chi connectivity index (χ1v) is 8.25. The van der Waals surface area contributed by atoms with E-state index in [-0.39, 0.29) is 0 Å². The Balaban J connectivity index is 1.80. The zero-order chi connectivity index (χ0) is 13.9. The fourth-order valence-corrected chi connectivity index (χ4v) is 3.53. The lowest BCUT2D eigenvalue weighted by molar-refractivity contribution is 0.178. The van der Waals surface area contributed by atoms with E-state index in [1.54, 1.807) is 0 Å². The van der Waals surface area contributed by atoms with Gasteiger partial charge in [0.15, 0.2) is 0 Å². The first-order valence-electron chi connectivity index (χ1n) is 7.87. The van der Waals surface area contributed by atoms with Gasteiger partial charge in [-0.25, -0.2) is 0 Å². The molecule has 1 saturated carbocycles. The Hall–Kier alpha value is -0.730. The molecule has 2 nitrogen and oxygen atoms in total. The Morgan fingerprint density at radius 2 is 2.10 bits per heavy atom. The van der Waals surface area contributed by atoms with Gasteiger partial charge in [0.25, 0.3) is 0 Å². The molecular formula is C17H24ClNO. The molecule has 3 rings (SSSR count). The lowest BCUT2D eigenvalue weighted by Crippen LogP contribution is -2.29. The summed E-state index contributed by atoms with van der Waals surface area (Å²) < 4.78 is 6.12. The van der Waals surface area contributed by atoms with Crippen molar-refractivity contribution in [2.75, 3.05) is 19.7 Å². The molecule has 110 valence electrons. The summed E-state index contributed by atoms with van der Waals surface area (Å²) in [4.78, 5) is 0. The Morgan fingerprint density at radius 3 is 2.75 bits per heavy atom. The van der Waals surface area contributed by atoms with Crippen LogP contribution >= 0.6 is 11.6 Å². The van der Waals surface area contributed by atoms with E-state index in [9.17, 15) is 0 Å². The SMILES string of the molecule is Cc1cc(Cl)c(OCC2CCC2)c(C2CCCNC2)c1.